The standard InChI is InChI=1S/C24H19N5O3S/c1-31-16-9-10-21(32-2)17(12-16)19-13-20(29-28-19)22(30)26-15-7-5-14(6-8-15)23-27-18-4-3-11-25-24(18)33-23/h3-13H,1-2H3,(H,26,30)(H,28,29). The van der Waals surface area contributed by atoms with Crippen LogP contribution in [0.4, 0.5) is 5.69 Å². The van der Waals surface area contributed by atoms with Gasteiger partial charge >= 0.3 is 0 Å². The summed E-state index contributed by atoms with van der Waals surface area (Å²) in [6.07, 6.45) is 1.76. The molecule has 2 N–H and O–H groups in total. The topological polar surface area (TPSA) is 102 Å². The van der Waals surface area contributed by atoms with Crippen molar-refractivity contribution in [2.24, 2.45) is 0 Å². The summed E-state index contributed by atoms with van der Waals surface area (Å²) in [4.78, 5) is 22.6. The Labute approximate surface area is 193 Å². The minimum atomic E-state index is -0.299. The normalized spacial score (nSPS) is 10.8. The zero-order valence-corrected chi connectivity index (χ0v) is 18.6. The molecule has 0 atom stereocenters. The first kappa shape index (κ1) is 20.7. The summed E-state index contributed by atoms with van der Waals surface area (Å²) < 4.78 is 10.7. The van der Waals surface area contributed by atoms with Gasteiger partial charge in [0.05, 0.1) is 19.9 Å². The van der Waals surface area contributed by atoms with Crippen LogP contribution in [0.5, 0.6) is 11.5 Å². The number of rotatable bonds is 6. The van der Waals surface area contributed by atoms with Crippen LogP contribution in [0.2, 0.25) is 0 Å². The number of ether oxygens (including phenoxy) is 2. The number of amides is 1. The maximum Gasteiger partial charge on any atom is 0.273 e. The molecule has 5 rings (SSSR count). The molecular weight excluding hydrogens is 438 g/mol. The van der Waals surface area contributed by atoms with E-state index >= 15 is 0 Å². The molecule has 8 nitrogen and oxygen atoms in total. The maximum atomic E-state index is 12.8. The fraction of sp³-hybridized carbons (Fsp3) is 0.0833. The molecule has 9 heteroatoms. The lowest BCUT2D eigenvalue weighted by atomic mass is 10.1. The van der Waals surface area contributed by atoms with Crippen LogP contribution >= 0.6 is 11.3 Å². The monoisotopic (exact) mass is 457 g/mol. The minimum Gasteiger partial charge on any atom is -0.497 e. The number of H-pyrrole nitrogens is 1. The molecule has 0 spiro atoms. The van der Waals surface area contributed by atoms with Crippen molar-refractivity contribution in [2.45, 2.75) is 0 Å². The van der Waals surface area contributed by atoms with Gasteiger partial charge in [0.2, 0.25) is 0 Å². The highest BCUT2D eigenvalue weighted by Crippen LogP contribution is 2.33. The Balaban J connectivity index is 1.33. The summed E-state index contributed by atoms with van der Waals surface area (Å²) in [7, 11) is 3.17. The van der Waals surface area contributed by atoms with Crippen LogP contribution in [0.1, 0.15) is 10.5 Å². The zero-order chi connectivity index (χ0) is 22.8. The Morgan fingerprint density at radius 2 is 1.88 bits per heavy atom. The summed E-state index contributed by atoms with van der Waals surface area (Å²) in [5.41, 5.74) is 4.13. The second-order valence-electron chi connectivity index (χ2n) is 7.11. The lowest BCUT2D eigenvalue weighted by Crippen LogP contribution is -2.12. The zero-order valence-electron chi connectivity index (χ0n) is 17.8. The molecule has 0 fully saturated rings. The van der Waals surface area contributed by atoms with Crippen LogP contribution in [0, 0.1) is 0 Å². The van der Waals surface area contributed by atoms with Crippen molar-refractivity contribution in [1.29, 1.82) is 0 Å². The number of fused-ring (bicyclic) bond motifs is 1. The van der Waals surface area contributed by atoms with E-state index in [1.165, 1.54) is 11.3 Å². The quantitative estimate of drug-likeness (QED) is 0.371. The fourth-order valence-electron chi connectivity index (χ4n) is 3.38. The third kappa shape index (κ3) is 4.13. The van der Waals surface area contributed by atoms with E-state index < -0.39 is 0 Å². The highest BCUT2D eigenvalue weighted by Gasteiger charge is 2.15. The van der Waals surface area contributed by atoms with E-state index in [0.717, 1.165) is 26.5 Å². The molecule has 2 aromatic carbocycles. The molecule has 0 aliphatic rings. The highest BCUT2D eigenvalue weighted by atomic mass is 32.1. The third-order valence-electron chi connectivity index (χ3n) is 5.06. The highest BCUT2D eigenvalue weighted by molar-refractivity contribution is 7.21. The molecule has 3 heterocycles. The van der Waals surface area contributed by atoms with Crippen molar-refractivity contribution in [3.8, 4) is 33.3 Å². The van der Waals surface area contributed by atoms with Gasteiger partial charge in [-0.15, -0.1) is 0 Å². The van der Waals surface area contributed by atoms with Crippen molar-refractivity contribution < 1.29 is 14.3 Å². The minimum absolute atomic E-state index is 0.299. The van der Waals surface area contributed by atoms with Crippen LogP contribution in [-0.4, -0.2) is 40.3 Å². The molecule has 3 aromatic heterocycles. The van der Waals surface area contributed by atoms with Crippen molar-refractivity contribution in [3.63, 3.8) is 0 Å². The first-order chi connectivity index (χ1) is 16.1. The van der Waals surface area contributed by atoms with Crippen molar-refractivity contribution in [3.05, 3.63) is 72.6 Å². The van der Waals surface area contributed by atoms with Gasteiger partial charge < -0.3 is 14.8 Å². The van der Waals surface area contributed by atoms with Gasteiger partial charge in [-0.05, 0) is 60.7 Å². The molecule has 0 aliphatic heterocycles. The summed E-state index contributed by atoms with van der Waals surface area (Å²) in [5, 5.41) is 10.8. The number of hydrogen-bond acceptors (Lipinski definition) is 7. The SMILES string of the molecule is COc1ccc(OC)c(-c2cc(C(=O)Nc3ccc(-c4nc5cccnc5s4)cc3)[nH]n2)c1. The largest absolute Gasteiger partial charge is 0.497 e. The van der Waals surface area contributed by atoms with E-state index in [9.17, 15) is 4.79 Å². The van der Waals surface area contributed by atoms with Crippen LogP contribution in [0.3, 0.4) is 0 Å². The van der Waals surface area contributed by atoms with Crippen LogP contribution in [0.15, 0.2) is 66.9 Å². The summed E-state index contributed by atoms with van der Waals surface area (Å²) in [5.74, 6) is 1.01. The number of aromatic amines is 1. The molecular formula is C24H19N5O3S. The van der Waals surface area contributed by atoms with Gasteiger partial charge in [0.15, 0.2) is 0 Å². The van der Waals surface area contributed by atoms with Gasteiger partial charge in [0.25, 0.3) is 5.91 Å². The molecule has 0 unspecified atom stereocenters. The van der Waals surface area contributed by atoms with Gasteiger partial charge in [-0.25, -0.2) is 9.97 Å². The Morgan fingerprint density at radius 3 is 2.64 bits per heavy atom. The number of aromatic nitrogens is 4. The van der Waals surface area contributed by atoms with Crippen LogP contribution in [-0.2, 0) is 0 Å². The van der Waals surface area contributed by atoms with Crippen molar-refractivity contribution >= 4 is 33.3 Å². The second-order valence-corrected chi connectivity index (χ2v) is 8.09. The molecule has 5 aromatic rings. The molecule has 0 aliphatic carbocycles. The van der Waals surface area contributed by atoms with Crippen molar-refractivity contribution in [2.75, 3.05) is 19.5 Å². The second kappa shape index (κ2) is 8.71. The van der Waals surface area contributed by atoms with E-state index in [1.54, 1.807) is 38.6 Å². The maximum absolute atomic E-state index is 12.8. The van der Waals surface area contributed by atoms with Gasteiger partial charge in [-0.3, -0.25) is 9.89 Å². The lowest BCUT2D eigenvalue weighted by Gasteiger charge is -2.08. The number of carbonyl (C=O) groups is 1. The Kier molecular flexibility index (Phi) is 5.45. The van der Waals surface area contributed by atoms with Gasteiger partial charge in [-0.1, -0.05) is 11.3 Å². The van der Waals surface area contributed by atoms with E-state index in [2.05, 4.69) is 25.5 Å². The molecule has 0 saturated carbocycles. The average molecular weight is 458 g/mol. The van der Waals surface area contributed by atoms with Crippen LogP contribution < -0.4 is 14.8 Å². The fourth-order valence-corrected chi connectivity index (χ4v) is 4.29. The summed E-state index contributed by atoms with van der Waals surface area (Å²) >= 11 is 1.53. The van der Waals surface area contributed by atoms with Crippen LogP contribution in [0.25, 0.3) is 32.2 Å². The lowest BCUT2D eigenvalue weighted by molar-refractivity contribution is 0.102. The summed E-state index contributed by atoms with van der Waals surface area (Å²) in [6, 6.07) is 18.4. The Morgan fingerprint density at radius 1 is 1.03 bits per heavy atom. The molecule has 0 radical (unpaired) electrons. The van der Waals surface area contributed by atoms with Gasteiger partial charge in [0.1, 0.15) is 32.5 Å². The number of pyridine rings is 1. The number of hydrogen-bond donors (Lipinski definition) is 2. The molecule has 33 heavy (non-hydrogen) atoms. The molecule has 164 valence electrons. The third-order valence-corrected chi connectivity index (χ3v) is 6.09. The van der Waals surface area contributed by atoms with E-state index in [-0.39, 0.29) is 5.91 Å². The van der Waals surface area contributed by atoms with Gasteiger partial charge in [0, 0.05) is 23.0 Å². The summed E-state index contributed by atoms with van der Waals surface area (Å²) in [6.45, 7) is 0. The predicted molar refractivity (Wildman–Crippen MR) is 128 cm³/mol. The number of anilines is 1. The smallest absolute Gasteiger partial charge is 0.273 e. The Bertz CT molecular complexity index is 1410. The number of carbonyl (C=O) groups excluding carboxylic acids is 1. The van der Waals surface area contributed by atoms with E-state index in [4.69, 9.17) is 9.47 Å². The number of methoxy groups -OCH3 is 2. The number of nitrogens with one attached hydrogen (secondary N) is 2. The van der Waals surface area contributed by atoms with Gasteiger partial charge in [-0.2, -0.15) is 5.10 Å². The number of benzene rings is 2. The first-order valence-corrected chi connectivity index (χ1v) is 10.9. The number of nitrogens with zero attached hydrogens (tertiary/aromatic N) is 3. The van der Waals surface area contributed by atoms with E-state index in [1.807, 2.05) is 42.5 Å². The molecule has 0 bridgehead atoms. The predicted octanol–water partition coefficient (Wildman–Crippen LogP) is 5.02. The molecule has 1 amide bonds. The average Bonchev–Trinajstić information content (AvgIpc) is 3.52. The molecule has 0 saturated heterocycles. The Hall–Kier alpha value is -4.24. The number of thiazole rings is 1. The van der Waals surface area contributed by atoms with E-state index in [0.29, 0.717) is 28.6 Å². The first-order valence-electron chi connectivity index (χ1n) is 10.1. The van der Waals surface area contributed by atoms with Crippen molar-refractivity contribution in [1.82, 2.24) is 20.2 Å².